The summed E-state index contributed by atoms with van der Waals surface area (Å²) in [7, 11) is 1.49. The first-order valence-corrected chi connectivity index (χ1v) is 10.5. The lowest BCUT2D eigenvalue weighted by molar-refractivity contribution is -0.139. The first-order valence-electron chi connectivity index (χ1n) is 10.5. The Bertz CT molecular complexity index is 1270. The Labute approximate surface area is 190 Å². The second-order valence-corrected chi connectivity index (χ2v) is 7.70. The third kappa shape index (κ3) is 4.51. The van der Waals surface area contributed by atoms with E-state index in [0.717, 1.165) is 17.7 Å². The molecule has 2 N–H and O–H groups in total. The number of nitrogens with zero attached hydrogens (tertiary/aromatic N) is 2. The van der Waals surface area contributed by atoms with E-state index < -0.39 is 18.5 Å². The van der Waals surface area contributed by atoms with Crippen molar-refractivity contribution in [2.24, 2.45) is 0 Å². The fraction of sp³-hybridized carbons (Fsp3) is 0.240. The predicted molar refractivity (Wildman–Crippen MR) is 124 cm³/mol. The Morgan fingerprint density at radius 2 is 1.91 bits per heavy atom. The molecule has 2 aromatic carbocycles. The number of carboxylic acids is 2. The number of likely N-dealkylation sites (N-methyl/N-ethyl adjacent to an activating group) is 1. The summed E-state index contributed by atoms with van der Waals surface area (Å²) in [5, 5.41) is 19.5. The fourth-order valence-electron chi connectivity index (χ4n) is 4.08. The number of carbonyl (C=O) groups is 2. The zero-order chi connectivity index (χ0) is 23.5. The maximum Gasteiger partial charge on any atom is 0.341 e. The van der Waals surface area contributed by atoms with Gasteiger partial charge < -0.3 is 19.7 Å². The molecule has 0 radical (unpaired) electrons. The van der Waals surface area contributed by atoms with Gasteiger partial charge in [-0.1, -0.05) is 31.2 Å². The van der Waals surface area contributed by atoms with Crippen LogP contribution in [0.5, 0.6) is 11.5 Å². The van der Waals surface area contributed by atoms with Crippen molar-refractivity contribution in [2.75, 3.05) is 26.8 Å². The summed E-state index contributed by atoms with van der Waals surface area (Å²) in [6.07, 6.45) is 1.96. The molecule has 0 saturated heterocycles. The summed E-state index contributed by atoms with van der Waals surface area (Å²) in [5.41, 5.74) is 4.01. The number of carboxylic acid groups (broad SMARTS) is 2. The van der Waals surface area contributed by atoms with E-state index in [0.29, 0.717) is 46.7 Å². The van der Waals surface area contributed by atoms with Gasteiger partial charge in [0, 0.05) is 24.0 Å². The second-order valence-electron chi connectivity index (χ2n) is 7.70. The Hall–Kier alpha value is -3.91. The van der Waals surface area contributed by atoms with E-state index in [1.807, 2.05) is 31.2 Å². The number of ether oxygens (including phenoxy) is 2. The Morgan fingerprint density at radius 1 is 1.12 bits per heavy atom. The number of fused-ring (bicyclic) bond motifs is 2. The van der Waals surface area contributed by atoms with Crippen LogP contribution in [0.4, 0.5) is 0 Å². The van der Waals surface area contributed by atoms with Crippen LogP contribution in [0.15, 0.2) is 42.5 Å². The molecular formula is C25H24N2O6. The molecule has 0 saturated carbocycles. The zero-order valence-electron chi connectivity index (χ0n) is 18.4. The van der Waals surface area contributed by atoms with Gasteiger partial charge >= 0.3 is 11.9 Å². The number of aliphatic carboxylic acids is 1. The quantitative estimate of drug-likeness (QED) is 0.562. The van der Waals surface area contributed by atoms with Gasteiger partial charge in [-0.05, 0) is 42.0 Å². The maximum absolute atomic E-state index is 12.2. The van der Waals surface area contributed by atoms with E-state index in [1.165, 1.54) is 7.11 Å². The average molecular weight is 448 g/mol. The van der Waals surface area contributed by atoms with Crippen molar-refractivity contribution in [1.29, 1.82) is 0 Å². The van der Waals surface area contributed by atoms with Crippen LogP contribution < -0.4 is 9.47 Å². The van der Waals surface area contributed by atoms with Crippen molar-refractivity contribution >= 4 is 34.5 Å². The first kappa shape index (κ1) is 22.3. The summed E-state index contributed by atoms with van der Waals surface area (Å²) in [6.45, 7) is 3.45. The number of rotatable bonds is 7. The van der Waals surface area contributed by atoms with Crippen molar-refractivity contribution in [3.05, 3.63) is 64.8 Å². The number of pyridine rings is 1. The molecule has 2 heterocycles. The SMILES string of the molecule is CCN1C/C(=C\c2ccc(OCC(=O)O)c(OC)c2)c2nc3ccccc3c(C(=O)O)c2C1. The minimum atomic E-state index is -1.07. The number of benzene rings is 2. The molecule has 0 amide bonds. The van der Waals surface area contributed by atoms with Crippen LogP contribution in [-0.2, 0) is 11.3 Å². The van der Waals surface area contributed by atoms with Crippen LogP contribution in [0.3, 0.4) is 0 Å². The molecule has 0 atom stereocenters. The summed E-state index contributed by atoms with van der Waals surface area (Å²) in [6, 6.07) is 12.5. The Morgan fingerprint density at radius 3 is 2.61 bits per heavy atom. The van der Waals surface area contributed by atoms with Gasteiger partial charge in [-0.25, -0.2) is 14.6 Å². The number of aromatic nitrogens is 1. The molecular weight excluding hydrogens is 424 g/mol. The highest BCUT2D eigenvalue weighted by atomic mass is 16.5. The van der Waals surface area contributed by atoms with Gasteiger partial charge in [0.1, 0.15) is 0 Å². The van der Waals surface area contributed by atoms with Gasteiger partial charge in [-0.3, -0.25) is 4.90 Å². The van der Waals surface area contributed by atoms with Crippen molar-refractivity contribution in [1.82, 2.24) is 9.88 Å². The standard InChI is InChI=1S/C25H24N2O6/c1-3-27-12-16(10-15-8-9-20(21(11-15)32-2)33-14-22(28)29)24-18(13-27)23(25(30)31)17-6-4-5-7-19(17)26-24/h4-11H,3,12-14H2,1-2H3,(H,28,29)(H,30,31)/b16-10+. The normalized spacial score (nSPS) is 14.8. The first-order chi connectivity index (χ1) is 15.9. The van der Waals surface area contributed by atoms with E-state index in [1.54, 1.807) is 24.3 Å². The average Bonchev–Trinajstić information content (AvgIpc) is 2.81. The Kier molecular flexibility index (Phi) is 6.28. The molecule has 1 aliphatic rings. The van der Waals surface area contributed by atoms with E-state index >= 15 is 0 Å². The fourth-order valence-corrected chi connectivity index (χ4v) is 4.08. The highest BCUT2D eigenvalue weighted by Gasteiger charge is 2.28. The van der Waals surface area contributed by atoms with E-state index in [2.05, 4.69) is 4.90 Å². The summed E-state index contributed by atoms with van der Waals surface area (Å²) in [4.78, 5) is 30.1. The van der Waals surface area contributed by atoms with Gasteiger partial charge in [0.25, 0.3) is 0 Å². The summed E-state index contributed by atoms with van der Waals surface area (Å²) < 4.78 is 10.7. The molecule has 3 aromatic rings. The number of aromatic carboxylic acids is 1. The van der Waals surface area contributed by atoms with Gasteiger partial charge in [-0.2, -0.15) is 0 Å². The van der Waals surface area contributed by atoms with Crippen LogP contribution in [0.25, 0.3) is 22.6 Å². The van der Waals surface area contributed by atoms with Crippen LogP contribution in [0.2, 0.25) is 0 Å². The van der Waals surface area contributed by atoms with Crippen molar-refractivity contribution in [3.63, 3.8) is 0 Å². The molecule has 8 heteroatoms. The smallest absolute Gasteiger partial charge is 0.341 e. The van der Waals surface area contributed by atoms with E-state index in [9.17, 15) is 14.7 Å². The lowest BCUT2D eigenvalue weighted by Crippen LogP contribution is -2.31. The van der Waals surface area contributed by atoms with Crippen LogP contribution in [0.1, 0.15) is 34.1 Å². The molecule has 0 aliphatic carbocycles. The number of methoxy groups -OCH3 is 1. The van der Waals surface area contributed by atoms with Crippen LogP contribution in [-0.4, -0.2) is 58.8 Å². The molecule has 0 bridgehead atoms. The van der Waals surface area contributed by atoms with Crippen molar-refractivity contribution in [3.8, 4) is 11.5 Å². The molecule has 33 heavy (non-hydrogen) atoms. The van der Waals surface area contributed by atoms with Crippen molar-refractivity contribution in [2.45, 2.75) is 13.5 Å². The molecule has 8 nitrogen and oxygen atoms in total. The summed E-state index contributed by atoms with van der Waals surface area (Å²) >= 11 is 0. The lowest BCUT2D eigenvalue weighted by atomic mass is 9.92. The predicted octanol–water partition coefficient (Wildman–Crippen LogP) is 3.78. The number of hydrogen-bond acceptors (Lipinski definition) is 6. The van der Waals surface area contributed by atoms with E-state index in [-0.39, 0.29) is 5.56 Å². The third-order valence-corrected chi connectivity index (χ3v) is 5.61. The highest BCUT2D eigenvalue weighted by Crippen LogP contribution is 2.35. The van der Waals surface area contributed by atoms with E-state index in [4.69, 9.17) is 19.6 Å². The van der Waals surface area contributed by atoms with Gasteiger partial charge in [0.15, 0.2) is 18.1 Å². The molecule has 0 fully saturated rings. The summed E-state index contributed by atoms with van der Waals surface area (Å²) in [5.74, 6) is -1.30. The second kappa shape index (κ2) is 9.30. The van der Waals surface area contributed by atoms with Gasteiger partial charge in [0.2, 0.25) is 0 Å². The monoisotopic (exact) mass is 448 g/mol. The maximum atomic E-state index is 12.2. The minimum absolute atomic E-state index is 0.287. The Balaban J connectivity index is 1.84. The highest BCUT2D eigenvalue weighted by molar-refractivity contribution is 6.06. The molecule has 1 aromatic heterocycles. The number of hydrogen-bond donors (Lipinski definition) is 2. The molecule has 1 aliphatic heterocycles. The zero-order valence-corrected chi connectivity index (χ0v) is 18.4. The molecule has 170 valence electrons. The largest absolute Gasteiger partial charge is 0.493 e. The number of para-hydroxylation sites is 1. The molecule has 4 rings (SSSR count). The minimum Gasteiger partial charge on any atom is -0.493 e. The van der Waals surface area contributed by atoms with Crippen molar-refractivity contribution < 1.29 is 29.3 Å². The molecule has 0 unspecified atom stereocenters. The lowest BCUT2D eigenvalue weighted by Gasteiger charge is -2.30. The van der Waals surface area contributed by atoms with Gasteiger partial charge in [-0.15, -0.1) is 0 Å². The van der Waals surface area contributed by atoms with Crippen LogP contribution in [0, 0.1) is 0 Å². The van der Waals surface area contributed by atoms with Crippen LogP contribution >= 0.6 is 0 Å². The topological polar surface area (TPSA) is 109 Å². The van der Waals surface area contributed by atoms with Gasteiger partial charge in [0.05, 0.1) is 23.9 Å². The molecule has 0 spiro atoms. The third-order valence-electron chi connectivity index (χ3n) is 5.61.